The fourth-order valence-corrected chi connectivity index (χ4v) is 4.67. The van der Waals surface area contributed by atoms with E-state index in [9.17, 15) is 22.4 Å². The molecular formula is C21H25F4NO2S. The van der Waals surface area contributed by atoms with E-state index in [2.05, 4.69) is 4.72 Å². The molecule has 0 bridgehead atoms. The van der Waals surface area contributed by atoms with Crippen molar-refractivity contribution < 1.29 is 27.1 Å². The standard InChI is InChI=1S/C21H25F4NO2S/c22-17-11-18(28-12-20(21(23,24)25)8-2-1-3-9-20)15(13-4-5-13)10-16(17)19(27)26-29-14-6-7-14/h10-11,13-14H,1-9,12H2,(H,26,27). The Bertz CT molecular complexity index is 769. The number of nitrogens with one attached hydrogen (secondary N) is 1. The van der Waals surface area contributed by atoms with Gasteiger partial charge in [0.05, 0.1) is 11.0 Å². The van der Waals surface area contributed by atoms with Crippen LogP contribution in [0.5, 0.6) is 5.75 Å². The number of carbonyl (C=O) groups excluding carboxylic acids is 1. The average Bonchev–Trinajstić information content (AvgIpc) is 3.58. The summed E-state index contributed by atoms with van der Waals surface area (Å²) in [5.74, 6) is -1.01. The maximum atomic E-state index is 14.6. The fraction of sp³-hybridized carbons (Fsp3) is 0.667. The van der Waals surface area contributed by atoms with Crippen molar-refractivity contribution >= 4 is 17.9 Å². The monoisotopic (exact) mass is 431 g/mol. The Morgan fingerprint density at radius 2 is 1.83 bits per heavy atom. The molecule has 3 saturated carbocycles. The van der Waals surface area contributed by atoms with Crippen molar-refractivity contribution in [3.8, 4) is 5.75 Å². The number of rotatable bonds is 7. The Labute approximate surface area is 172 Å². The van der Waals surface area contributed by atoms with Crippen LogP contribution < -0.4 is 9.46 Å². The summed E-state index contributed by atoms with van der Waals surface area (Å²) in [6.45, 7) is -0.501. The van der Waals surface area contributed by atoms with Crippen molar-refractivity contribution in [2.75, 3.05) is 6.61 Å². The minimum Gasteiger partial charge on any atom is -0.492 e. The molecule has 0 aliphatic heterocycles. The van der Waals surface area contributed by atoms with Crippen LogP contribution in [0.25, 0.3) is 0 Å². The van der Waals surface area contributed by atoms with Crippen LogP contribution in [0.3, 0.4) is 0 Å². The number of hydrogen-bond acceptors (Lipinski definition) is 3. The van der Waals surface area contributed by atoms with Gasteiger partial charge < -0.3 is 4.74 Å². The van der Waals surface area contributed by atoms with E-state index in [4.69, 9.17) is 4.74 Å². The number of amides is 1. The highest BCUT2D eigenvalue weighted by molar-refractivity contribution is 7.98. The summed E-state index contributed by atoms with van der Waals surface area (Å²) in [6, 6.07) is 2.56. The molecule has 1 amide bonds. The smallest absolute Gasteiger partial charge is 0.397 e. The van der Waals surface area contributed by atoms with Gasteiger partial charge in [-0.2, -0.15) is 13.2 Å². The van der Waals surface area contributed by atoms with Crippen molar-refractivity contribution in [3.63, 3.8) is 0 Å². The molecule has 3 aliphatic carbocycles. The predicted molar refractivity (Wildman–Crippen MR) is 104 cm³/mol. The molecule has 29 heavy (non-hydrogen) atoms. The average molecular weight is 431 g/mol. The molecule has 0 heterocycles. The van der Waals surface area contributed by atoms with E-state index in [1.54, 1.807) is 0 Å². The van der Waals surface area contributed by atoms with E-state index < -0.39 is 29.9 Å². The summed E-state index contributed by atoms with van der Waals surface area (Å²) in [6.07, 6.45) is 1.35. The number of halogens is 4. The molecule has 1 N–H and O–H groups in total. The molecule has 1 aromatic rings. The lowest BCUT2D eigenvalue weighted by atomic mass is 9.74. The molecule has 0 aromatic heterocycles. The summed E-state index contributed by atoms with van der Waals surface area (Å²) in [5.41, 5.74) is -1.31. The summed E-state index contributed by atoms with van der Waals surface area (Å²) in [7, 11) is 0. The molecule has 3 fully saturated rings. The van der Waals surface area contributed by atoms with Crippen molar-refractivity contribution in [3.05, 3.63) is 29.1 Å². The highest BCUT2D eigenvalue weighted by atomic mass is 32.2. The van der Waals surface area contributed by atoms with Gasteiger partial charge in [0.2, 0.25) is 0 Å². The van der Waals surface area contributed by atoms with Gasteiger partial charge in [-0.25, -0.2) is 4.39 Å². The normalized spacial score (nSPS) is 21.7. The van der Waals surface area contributed by atoms with Gasteiger partial charge in [-0.3, -0.25) is 9.52 Å². The van der Waals surface area contributed by atoms with E-state index in [1.165, 1.54) is 18.0 Å². The predicted octanol–water partition coefficient (Wildman–Crippen LogP) is 6.14. The molecule has 3 aliphatic rings. The van der Waals surface area contributed by atoms with Crippen molar-refractivity contribution in [2.24, 2.45) is 5.41 Å². The molecule has 0 spiro atoms. The highest BCUT2D eigenvalue weighted by Gasteiger charge is 2.55. The summed E-state index contributed by atoms with van der Waals surface area (Å²) < 4.78 is 64.2. The molecule has 8 heteroatoms. The van der Waals surface area contributed by atoms with E-state index >= 15 is 0 Å². The van der Waals surface area contributed by atoms with Crippen LogP contribution in [-0.2, 0) is 0 Å². The molecule has 3 nitrogen and oxygen atoms in total. The first-order valence-electron chi connectivity index (χ1n) is 10.3. The zero-order chi connectivity index (χ0) is 20.6. The van der Waals surface area contributed by atoms with Crippen molar-refractivity contribution in [2.45, 2.75) is 75.1 Å². The Balaban J connectivity index is 1.53. The Morgan fingerprint density at radius 3 is 2.41 bits per heavy atom. The third-order valence-corrected chi connectivity index (χ3v) is 7.23. The second kappa shape index (κ2) is 8.00. The van der Waals surface area contributed by atoms with E-state index in [1.807, 2.05) is 0 Å². The summed E-state index contributed by atoms with van der Waals surface area (Å²) in [4.78, 5) is 12.3. The van der Waals surface area contributed by atoms with E-state index in [0.29, 0.717) is 23.7 Å². The Kier molecular flexibility index (Phi) is 5.75. The van der Waals surface area contributed by atoms with Crippen LogP contribution >= 0.6 is 11.9 Å². The van der Waals surface area contributed by atoms with Crippen LogP contribution in [0.4, 0.5) is 17.6 Å². The van der Waals surface area contributed by atoms with Crippen molar-refractivity contribution in [1.29, 1.82) is 0 Å². The molecular weight excluding hydrogens is 406 g/mol. The molecule has 0 radical (unpaired) electrons. The maximum absolute atomic E-state index is 14.6. The number of ether oxygens (including phenoxy) is 1. The molecule has 160 valence electrons. The van der Waals surface area contributed by atoms with Crippen LogP contribution in [0.15, 0.2) is 12.1 Å². The molecule has 4 rings (SSSR count). The second-order valence-electron chi connectivity index (χ2n) is 8.52. The molecule has 1 aromatic carbocycles. The van der Waals surface area contributed by atoms with Gasteiger partial charge in [0.25, 0.3) is 5.91 Å². The number of hydrogen-bond donors (Lipinski definition) is 1. The van der Waals surface area contributed by atoms with Gasteiger partial charge in [0.1, 0.15) is 18.2 Å². The molecule has 0 saturated heterocycles. The lowest BCUT2D eigenvalue weighted by Gasteiger charge is -2.38. The molecule has 0 unspecified atom stereocenters. The minimum absolute atomic E-state index is 0.0383. The highest BCUT2D eigenvalue weighted by Crippen LogP contribution is 2.50. The first-order valence-corrected chi connectivity index (χ1v) is 11.2. The van der Waals surface area contributed by atoms with Crippen LogP contribution in [0.1, 0.15) is 79.6 Å². The largest absolute Gasteiger partial charge is 0.492 e. The Morgan fingerprint density at radius 1 is 1.14 bits per heavy atom. The first-order chi connectivity index (χ1) is 13.8. The number of alkyl halides is 3. The van der Waals surface area contributed by atoms with Crippen LogP contribution in [-0.4, -0.2) is 23.9 Å². The van der Waals surface area contributed by atoms with Gasteiger partial charge in [-0.15, -0.1) is 0 Å². The Hall–Kier alpha value is -1.44. The summed E-state index contributed by atoms with van der Waals surface area (Å²) in [5, 5.41) is 0.390. The third kappa shape index (κ3) is 4.67. The topological polar surface area (TPSA) is 38.3 Å². The van der Waals surface area contributed by atoms with E-state index in [-0.39, 0.29) is 30.1 Å². The van der Waals surface area contributed by atoms with Gasteiger partial charge in [-0.05, 0) is 68.0 Å². The lowest BCUT2D eigenvalue weighted by molar-refractivity contribution is -0.243. The van der Waals surface area contributed by atoms with Crippen LogP contribution in [0.2, 0.25) is 0 Å². The lowest BCUT2D eigenvalue weighted by Crippen LogP contribution is -2.44. The van der Waals surface area contributed by atoms with Crippen LogP contribution in [0, 0.1) is 11.2 Å². The fourth-order valence-electron chi connectivity index (χ4n) is 3.92. The van der Waals surface area contributed by atoms with Gasteiger partial charge in [0, 0.05) is 11.3 Å². The minimum atomic E-state index is -4.36. The third-order valence-electron chi connectivity index (χ3n) is 6.12. The van der Waals surface area contributed by atoms with Crippen molar-refractivity contribution in [1.82, 2.24) is 4.72 Å². The molecule has 0 atom stereocenters. The van der Waals surface area contributed by atoms with Gasteiger partial charge in [-0.1, -0.05) is 19.3 Å². The number of benzene rings is 1. The maximum Gasteiger partial charge on any atom is 0.397 e. The number of carbonyl (C=O) groups is 1. The summed E-state index contributed by atoms with van der Waals surface area (Å²) >= 11 is 1.30. The second-order valence-corrected chi connectivity index (χ2v) is 9.63. The van der Waals surface area contributed by atoms with Gasteiger partial charge >= 0.3 is 6.18 Å². The zero-order valence-corrected chi connectivity index (χ0v) is 16.9. The zero-order valence-electron chi connectivity index (χ0n) is 16.1. The first kappa shape index (κ1) is 20.8. The van der Waals surface area contributed by atoms with E-state index in [0.717, 1.165) is 38.2 Å². The SMILES string of the molecule is O=C(NSC1CC1)c1cc(C2CC2)c(OCC2(C(F)(F)F)CCCCC2)cc1F. The van der Waals surface area contributed by atoms with Gasteiger partial charge in [0.15, 0.2) is 0 Å². The quantitative estimate of drug-likeness (QED) is 0.417.